The van der Waals surface area contributed by atoms with Gasteiger partial charge >= 0.3 is 0 Å². The van der Waals surface area contributed by atoms with E-state index >= 15 is 0 Å². The maximum absolute atomic E-state index is 2.28. The lowest BCUT2D eigenvalue weighted by molar-refractivity contribution is -0.870. The summed E-state index contributed by atoms with van der Waals surface area (Å²) in [5.74, 6) is 0. The van der Waals surface area contributed by atoms with Crippen LogP contribution >= 0.6 is 0 Å². The Morgan fingerprint density at radius 1 is 0.375 bits per heavy atom. The second-order valence-electron chi connectivity index (χ2n) is 9.56. The van der Waals surface area contributed by atoms with E-state index in [0.717, 1.165) is 8.97 Å². The molecule has 0 N–H and O–H groups in total. The van der Waals surface area contributed by atoms with Gasteiger partial charge in [0.15, 0.2) is 0 Å². The molecule has 2 heteroatoms. The maximum atomic E-state index is 2.28. The van der Waals surface area contributed by atoms with Gasteiger partial charge < -0.3 is 8.97 Å². The molecule has 0 saturated carbocycles. The van der Waals surface area contributed by atoms with Crippen molar-refractivity contribution in [2.75, 3.05) is 55.4 Å². The minimum absolute atomic E-state index is 1.11. The number of unbranched alkanes of at least 4 members (excludes halogenated alkanes) is 10. The van der Waals surface area contributed by atoms with E-state index in [2.05, 4.69) is 56.1 Å². The van der Waals surface area contributed by atoms with Gasteiger partial charge in [-0.1, -0.05) is 65.2 Å². The summed E-state index contributed by atoms with van der Waals surface area (Å²) in [5.41, 5.74) is 0. The van der Waals surface area contributed by atoms with Gasteiger partial charge in [-0.3, -0.25) is 0 Å². The van der Waals surface area contributed by atoms with Crippen LogP contribution in [0.15, 0.2) is 0 Å². The molecule has 2 nitrogen and oxygen atoms in total. The largest absolute Gasteiger partial charge is 0.331 e. The van der Waals surface area contributed by atoms with Crippen LogP contribution in [0.1, 0.15) is 90.9 Å². The van der Waals surface area contributed by atoms with Gasteiger partial charge in [0, 0.05) is 0 Å². The number of hydrogen-bond donors (Lipinski definition) is 0. The van der Waals surface area contributed by atoms with Crippen LogP contribution in [0.3, 0.4) is 0 Å². The van der Waals surface area contributed by atoms with Crippen LogP contribution in [0.5, 0.6) is 0 Å². The highest BCUT2D eigenvalue weighted by Gasteiger charge is 2.05. The van der Waals surface area contributed by atoms with Gasteiger partial charge in [-0.05, 0) is 25.7 Å². The van der Waals surface area contributed by atoms with E-state index in [4.69, 9.17) is 0 Å². The quantitative estimate of drug-likeness (QED) is 0.263. The average molecular weight is 345 g/mol. The van der Waals surface area contributed by atoms with Crippen molar-refractivity contribution in [1.82, 2.24) is 0 Å². The first-order valence-corrected chi connectivity index (χ1v) is 10.7. The van der Waals surface area contributed by atoms with Crippen molar-refractivity contribution >= 4 is 0 Å². The van der Waals surface area contributed by atoms with Crippen molar-refractivity contribution in [3.05, 3.63) is 0 Å². The van der Waals surface area contributed by atoms with E-state index < -0.39 is 0 Å². The molecule has 0 amide bonds. The molecule has 0 aliphatic rings. The first-order chi connectivity index (χ1) is 11.1. The van der Waals surface area contributed by atoms with Crippen LogP contribution < -0.4 is 0 Å². The fourth-order valence-electron chi connectivity index (χ4n) is 2.73. The Hall–Kier alpha value is -0.0800. The molecule has 0 aromatic carbocycles. The van der Waals surface area contributed by atoms with E-state index in [0.29, 0.717) is 0 Å². The van der Waals surface area contributed by atoms with Gasteiger partial charge in [0.2, 0.25) is 0 Å². The molecule has 0 aliphatic carbocycles. The second kappa shape index (κ2) is 16.4. The molecule has 0 unspecified atom stereocenters. The molecule has 0 rings (SSSR count). The molecule has 0 aromatic rings. The molecule has 24 heavy (non-hydrogen) atoms. The summed E-state index contributed by atoms with van der Waals surface area (Å²) in [7, 11) is 13.6. The number of rotatable bonds is 14. The molecule has 0 fully saturated rings. The van der Waals surface area contributed by atoms with Gasteiger partial charge in [0.1, 0.15) is 0 Å². The van der Waals surface area contributed by atoms with Crippen molar-refractivity contribution in [1.29, 1.82) is 0 Å². The first-order valence-electron chi connectivity index (χ1n) is 10.7. The fraction of sp³-hybridized carbons (Fsp3) is 1.00. The minimum atomic E-state index is 1.11. The maximum Gasteiger partial charge on any atom is 0.0780 e. The number of hydrogen-bond acceptors (Lipinski definition) is 0. The third-order valence-corrected chi connectivity index (χ3v) is 4.36. The molecule has 0 heterocycles. The highest BCUT2D eigenvalue weighted by Crippen LogP contribution is 2.09. The smallest absolute Gasteiger partial charge is 0.0780 e. The van der Waals surface area contributed by atoms with Gasteiger partial charge in [-0.25, -0.2) is 0 Å². The SMILES string of the molecule is CCCCCCCCCC[N+](C)(C)C.CCCCCC[N+](C)(C)C. The molecule has 0 aromatic heterocycles. The number of nitrogens with zero attached hydrogens (tertiary/aromatic N) is 2. The normalized spacial score (nSPS) is 12.0. The zero-order valence-corrected chi connectivity index (χ0v) is 18.8. The van der Waals surface area contributed by atoms with Crippen molar-refractivity contribution < 1.29 is 8.97 Å². The third-order valence-electron chi connectivity index (χ3n) is 4.36. The standard InChI is InChI=1S/C13H30N.C9H22N/c1-5-6-7-8-9-10-11-12-13-14(2,3)4;1-5-6-7-8-9-10(2,3)4/h5-13H2,1-4H3;5-9H2,1-4H3/q2*+1. The van der Waals surface area contributed by atoms with E-state index in [1.165, 1.54) is 90.1 Å². The van der Waals surface area contributed by atoms with E-state index in [-0.39, 0.29) is 0 Å². The highest BCUT2D eigenvalue weighted by atomic mass is 15.3. The Balaban J connectivity index is 0. The van der Waals surface area contributed by atoms with E-state index in [1.54, 1.807) is 0 Å². The van der Waals surface area contributed by atoms with Crippen LogP contribution in [0.4, 0.5) is 0 Å². The van der Waals surface area contributed by atoms with Crippen molar-refractivity contribution in [2.24, 2.45) is 0 Å². The molecule has 0 aliphatic heterocycles. The van der Waals surface area contributed by atoms with E-state index in [9.17, 15) is 0 Å². The monoisotopic (exact) mass is 344 g/mol. The fourth-order valence-corrected chi connectivity index (χ4v) is 2.73. The zero-order chi connectivity index (χ0) is 18.9. The molecule has 0 atom stereocenters. The predicted molar refractivity (Wildman–Crippen MR) is 113 cm³/mol. The molecule has 148 valence electrons. The summed E-state index contributed by atoms with van der Waals surface area (Å²) in [6.07, 6.45) is 17.0. The highest BCUT2D eigenvalue weighted by molar-refractivity contribution is 4.45. The Bertz CT molecular complexity index is 235. The lowest BCUT2D eigenvalue weighted by atomic mass is 10.1. The molecule has 0 radical (unpaired) electrons. The average Bonchev–Trinajstić information content (AvgIpc) is 2.45. The second-order valence-corrected chi connectivity index (χ2v) is 9.56. The van der Waals surface area contributed by atoms with Gasteiger partial charge in [-0.2, -0.15) is 0 Å². The summed E-state index contributed by atoms with van der Waals surface area (Å²) < 4.78 is 2.24. The summed E-state index contributed by atoms with van der Waals surface area (Å²) in [4.78, 5) is 0. The lowest BCUT2D eigenvalue weighted by Crippen LogP contribution is -2.35. The minimum Gasteiger partial charge on any atom is -0.331 e. The van der Waals surface area contributed by atoms with Crippen LogP contribution in [-0.4, -0.2) is 64.3 Å². The summed E-state index contributed by atoms with van der Waals surface area (Å²) in [5, 5.41) is 0. The van der Waals surface area contributed by atoms with Gasteiger partial charge in [0.25, 0.3) is 0 Å². The van der Waals surface area contributed by atoms with Crippen LogP contribution in [0, 0.1) is 0 Å². The third kappa shape index (κ3) is 29.9. The van der Waals surface area contributed by atoms with Gasteiger partial charge in [-0.15, -0.1) is 0 Å². The number of quaternary nitrogens is 2. The predicted octanol–water partition coefficient (Wildman–Crippen LogP) is 6.11. The van der Waals surface area contributed by atoms with Gasteiger partial charge in [0.05, 0.1) is 55.4 Å². The summed E-state index contributed by atoms with van der Waals surface area (Å²) >= 11 is 0. The van der Waals surface area contributed by atoms with Crippen molar-refractivity contribution in [3.8, 4) is 0 Å². The zero-order valence-electron chi connectivity index (χ0n) is 18.8. The summed E-state index contributed by atoms with van der Waals surface area (Å²) in [6, 6.07) is 0. The van der Waals surface area contributed by atoms with Crippen LogP contribution in [0.2, 0.25) is 0 Å². The molecule has 0 spiro atoms. The Kier molecular flexibility index (Phi) is 17.9. The van der Waals surface area contributed by atoms with Crippen molar-refractivity contribution in [2.45, 2.75) is 90.9 Å². The Morgan fingerprint density at radius 2 is 0.625 bits per heavy atom. The molecule has 0 bridgehead atoms. The Labute approximate surface area is 155 Å². The topological polar surface area (TPSA) is 0 Å². The molecular formula is C22H52N2+2. The van der Waals surface area contributed by atoms with Crippen LogP contribution in [-0.2, 0) is 0 Å². The Morgan fingerprint density at radius 3 is 0.917 bits per heavy atom. The van der Waals surface area contributed by atoms with Crippen LogP contribution in [0.25, 0.3) is 0 Å². The summed E-state index contributed by atoms with van der Waals surface area (Å²) in [6.45, 7) is 7.18. The van der Waals surface area contributed by atoms with Crippen molar-refractivity contribution in [3.63, 3.8) is 0 Å². The molecule has 0 saturated heterocycles. The lowest BCUT2D eigenvalue weighted by Gasteiger charge is -2.23. The van der Waals surface area contributed by atoms with E-state index in [1.807, 2.05) is 0 Å². The molecular weight excluding hydrogens is 292 g/mol. The first kappa shape index (κ1) is 26.2.